The SMILES string of the molecule is COC(=O)Cc1c(OC(F)(F)F)cc(CCl)nc1I. The number of methoxy groups -OCH3 is 1. The second kappa shape index (κ2) is 6.60. The third-order valence-electron chi connectivity index (χ3n) is 2.00. The highest BCUT2D eigenvalue weighted by molar-refractivity contribution is 14.1. The number of hydrogen-bond acceptors (Lipinski definition) is 4. The summed E-state index contributed by atoms with van der Waals surface area (Å²) in [6.45, 7) is 0. The molecular weight excluding hydrogens is 401 g/mol. The molecule has 106 valence electrons. The number of esters is 1. The van der Waals surface area contributed by atoms with Gasteiger partial charge >= 0.3 is 12.3 Å². The number of aromatic nitrogens is 1. The lowest BCUT2D eigenvalue weighted by Gasteiger charge is -2.14. The largest absolute Gasteiger partial charge is 0.573 e. The van der Waals surface area contributed by atoms with E-state index in [1.54, 1.807) is 22.6 Å². The molecule has 0 aliphatic rings. The first kappa shape index (κ1) is 16.3. The van der Waals surface area contributed by atoms with Gasteiger partial charge in [0.2, 0.25) is 0 Å². The summed E-state index contributed by atoms with van der Waals surface area (Å²) in [5, 5.41) is 0. The van der Waals surface area contributed by atoms with Gasteiger partial charge in [-0.05, 0) is 22.6 Å². The molecule has 1 aromatic heterocycles. The molecule has 9 heteroatoms. The van der Waals surface area contributed by atoms with Crippen LogP contribution >= 0.6 is 34.2 Å². The number of carbonyl (C=O) groups excluding carboxylic acids is 1. The van der Waals surface area contributed by atoms with Crippen molar-refractivity contribution in [2.24, 2.45) is 0 Å². The Balaban J connectivity index is 3.21. The Morgan fingerprint density at radius 1 is 1.53 bits per heavy atom. The van der Waals surface area contributed by atoms with Crippen LogP contribution in [0.25, 0.3) is 0 Å². The van der Waals surface area contributed by atoms with Gasteiger partial charge in [0.25, 0.3) is 0 Å². The van der Waals surface area contributed by atoms with Gasteiger partial charge in [-0.1, -0.05) is 0 Å². The number of halogens is 5. The van der Waals surface area contributed by atoms with E-state index in [-0.39, 0.29) is 27.3 Å². The summed E-state index contributed by atoms with van der Waals surface area (Å²) in [5.41, 5.74) is 0.234. The summed E-state index contributed by atoms with van der Waals surface area (Å²) in [5.74, 6) is -1.25. The standard InChI is InChI=1S/C10H8ClF3INO3/c1-18-8(17)3-6-7(19-10(12,13)14)2-5(4-11)16-9(6)15/h2H,3-4H2,1H3. The van der Waals surface area contributed by atoms with Crippen molar-refractivity contribution in [1.29, 1.82) is 0 Å². The molecule has 0 aromatic carbocycles. The van der Waals surface area contributed by atoms with Crippen molar-refractivity contribution in [2.75, 3.05) is 7.11 Å². The van der Waals surface area contributed by atoms with Crippen LogP contribution in [0.2, 0.25) is 0 Å². The van der Waals surface area contributed by atoms with E-state index < -0.39 is 18.1 Å². The number of pyridine rings is 1. The van der Waals surface area contributed by atoms with E-state index in [9.17, 15) is 18.0 Å². The van der Waals surface area contributed by atoms with Crippen LogP contribution in [0.1, 0.15) is 11.3 Å². The molecule has 0 aliphatic carbocycles. The van der Waals surface area contributed by atoms with E-state index in [2.05, 4.69) is 14.5 Å². The molecular formula is C10H8ClF3INO3. The Morgan fingerprint density at radius 3 is 2.63 bits per heavy atom. The average Bonchev–Trinajstić information content (AvgIpc) is 2.30. The monoisotopic (exact) mass is 409 g/mol. The highest BCUT2D eigenvalue weighted by atomic mass is 127. The first-order valence-corrected chi connectivity index (χ1v) is 6.45. The van der Waals surface area contributed by atoms with Crippen LogP contribution in [0.5, 0.6) is 5.75 Å². The number of rotatable bonds is 4. The van der Waals surface area contributed by atoms with Gasteiger partial charge < -0.3 is 9.47 Å². The van der Waals surface area contributed by atoms with Gasteiger partial charge in [0.15, 0.2) is 0 Å². The van der Waals surface area contributed by atoms with Crippen molar-refractivity contribution in [1.82, 2.24) is 4.98 Å². The minimum atomic E-state index is -4.86. The van der Waals surface area contributed by atoms with Gasteiger partial charge in [0.1, 0.15) is 9.45 Å². The van der Waals surface area contributed by atoms with Crippen molar-refractivity contribution in [2.45, 2.75) is 18.7 Å². The normalized spacial score (nSPS) is 11.3. The van der Waals surface area contributed by atoms with Crippen molar-refractivity contribution in [3.8, 4) is 5.75 Å². The van der Waals surface area contributed by atoms with Crippen LogP contribution in [0.4, 0.5) is 13.2 Å². The number of hydrogen-bond donors (Lipinski definition) is 0. The van der Waals surface area contributed by atoms with Crippen LogP contribution in [0.15, 0.2) is 6.07 Å². The third kappa shape index (κ3) is 5.01. The zero-order valence-electron chi connectivity index (χ0n) is 9.55. The number of alkyl halides is 4. The summed E-state index contributed by atoms with van der Waals surface area (Å²) in [4.78, 5) is 15.2. The predicted octanol–water partition coefficient (Wildman–Crippen LogP) is 3.04. The molecule has 19 heavy (non-hydrogen) atoms. The van der Waals surface area contributed by atoms with Crippen molar-refractivity contribution in [3.63, 3.8) is 0 Å². The fraction of sp³-hybridized carbons (Fsp3) is 0.400. The zero-order valence-corrected chi connectivity index (χ0v) is 12.5. The van der Waals surface area contributed by atoms with Crippen molar-refractivity contribution >= 4 is 40.2 Å². The van der Waals surface area contributed by atoms with E-state index >= 15 is 0 Å². The lowest BCUT2D eigenvalue weighted by atomic mass is 10.2. The van der Waals surface area contributed by atoms with E-state index in [0.717, 1.165) is 13.2 Å². The lowest BCUT2D eigenvalue weighted by molar-refractivity contribution is -0.275. The summed E-state index contributed by atoms with van der Waals surface area (Å²) >= 11 is 7.24. The first-order chi connectivity index (χ1) is 8.76. The quantitative estimate of drug-likeness (QED) is 0.332. The molecule has 0 spiro atoms. The van der Waals surface area contributed by atoms with Gasteiger partial charge in [-0.3, -0.25) is 4.79 Å². The fourth-order valence-electron chi connectivity index (χ4n) is 1.23. The number of nitrogens with zero attached hydrogens (tertiary/aromatic N) is 1. The molecule has 1 heterocycles. The summed E-state index contributed by atoms with van der Waals surface area (Å²) in [6, 6.07) is 1.06. The van der Waals surface area contributed by atoms with Crippen LogP contribution in [0, 0.1) is 3.70 Å². The molecule has 0 radical (unpaired) electrons. The summed E-state index contributed by atoms with van der Waals surface area (Å²) in [7, 11) is 1.14. The van der Waals surface area contributed by atoms with E-state index in [1.165, 1.54) is 0 Å². The van der Waals surface area contributed by atoms with Crippen LogP contribution in [-0.4, -0.2) is 24.4 Å². The molecule has 0 saturated carbocycles. The first-order valence-electron chi connectivity index (χ1n) is 4.83. The maximum atomic E-state index is 12.3. The maximum absolute atomic E-state index is 12.3. The van der Waals surface area contributed by atoms with Gasteiger partial charge in [0, 0.05) is 11.6 Å². The Kier molecular flexibility index (Phi) is 5.65. The topological polar surface area (TPSA) is 48.4 Å². The van der Waals surface area contributed by atoms with Crippen LogP contribution < -0.4 is 4.74 Å². The molecule has 0 fully saturated rings. The Bertz CT molecular complexity index is 482. The second-order valence-corrected chi connectivity index (χ2v) is 4.60. The number of ether oxygens (including phenoxy) is 2. The third-order valence-corrected chi connectivity index (χ3v) is 3.16. The molecule has 0 atom stereocenters. The molecule has 0 bridgehead atoms. The van der Waals surface area contributed by atoms with Gasteiger partial charge in [-0.25, -0.2) is 4.98 Å². The molecule has 0 amide bonds. The average molecular weight is 410 g/mol. The van der Waals surface area contributed by atoms with Crippen molar-refractivity contribution in [3.05, 3.63) is 21.0 Å². The highest BCUT2D eigenvalue weighted by Crippen LogP contribution is 2.30. The Hall–Kier alpha value is -0.770. The summed E-state index contributed by atoms with van der Waals surface area (Å²) in [6.07, 6.45) is -5.23. The van der Waals surface area contributed by atoms with Crippen LogP contribution in [0.3, 0.4) is 0 Å². The number of carbonyl (C=O) groups is 1. The minimum absolute atomic E-state index is 0.0126. The Labute approximate surface area is 125 Å². The molecule has 0 saturated heterocycles. The molecule has 0 unspecified atom stereocenters. The van der Waals surface area contributed by atoms with Gasteiger partial charge in [-0.15, -0.1) is 24.8 Å². The van der Waals surface area contributed by atoms with E-state index in [0.29, 0.717) is 0 Å². The smallest absolute Gasteiger partial charge is 0.469 e. The Morgan fingerprint density at radius 2 is 2.16 bits per heavy atom. The molecule has 1 rings (SSSR count). The predicted molar refractivity (Wildman–Crippen MR) is 68.9 cm³/mol. The van der Waals surface area contributed by atoms with E-state index in [1.807, 2.05) is 0 Å². The van der Waals surface area contributed by atoms with Gasteiger partial charge in [-0.2, -0.15) is 0 Å². The van der Waals surface area contributed by atoms with Crippen LogP contribution in [-0.2, 0) is 21.8 Å². The lowest BCUT2D eigenvalue weighted by Crippen LogP contribution is -2.20. The zero-order chi connectivity index (χ0) is 14.6. The molecule has 0 aliphatic heterocycles. The molecule has 4 nitrogen and oxygen atoms in total. The summed E-state index contributed by atoms with van der Waals surface area (Å²) < 4.78 is 45.5. The van der Waals surface area contributed by atoms with E-state index in [4.69, 9.17) is 11.6 Å². The second-order valence-electron chi connectivity index (χ2n) is 3.32. The molecule has 1 aromatic rings. The maximum Gasteiger partial charge on any atom is 0.573 e. The molecule has 0 N–H and O–H groups in total. The van der Waals surface area contributed by atoms with Gasteiger partial charge in [0.05, 0.1) is 25.1 Å². The van der Waals surface area contributed by atoms with Crippen molar-refractivity contribution < 1.29 is 27.4 Å². The highest BCUT2D eigenvalue weighted by Gasteiger charge is 2.33. The minimum Gasteiger partial charge on any atom is -0.469 e. The fourth-order valence-corrected chi connectivity index (χ4v) is 2.13.